The molecule has 0 fully saturated rings. The van der Waals surface area contributed by atoms with Crippen molar-refractivity contribution in [2.75, 3.05) is 12.4 Å². The number of benzene rings is 1. The Bertz CT molecular complexity index is 508. The molecule has 0 radical (unpaired) electrons. The standard InChI is InChI=1S/C9H8FIO5S/c10-6-2-1-3-7(11)8(6)9(12)16-4-5-17(13,14)15/h1-3H,4-5H2,(H,13,14,15). The maximum atomic E-state index is 13.3. The molecule has 1 N–H and O–H groups in total. The number of ether oxygens (including phenoxy) is 1. The average molecular weight is 374 g/mol. The van der Waals surface area contributed by atoms with E-state index in [9.17, 15) is 17.6 Å². The van der Waals surface area contributed by atoms with Crippen LogP contribution in [0.25, 0.3) is 0 Å². The van der Waals surface area contributed by atoms with Gasteiger partial charge in [0.25, 0.3) is 10.1 Å². The van der Waals surface area contributed by atoms with Gasteiger partial charge < -0.3 is 4.74 Å². The number of halogens is 2. The molecule has 0 saturated heterocycles. The fourth-order valence-electron chi connectivity index (χ4n) is 1.00. The highest BCUT2D eigenvalue weighted by molar-refractivity contribution is 14.1. The second kappa shape index (κ2) is 5.74. The first kappa shape index (κ1) is 14.3. The van der Waals surface area contributed by atoms with Crippen LogP contribution in [0.15, 0.2) is 18.2 Å². The quantitative estimate of drug-likeness (QED) is 0.491. The minimum absolute atomic E-state index is 0.247. The summed E-state index contributed by atoms with van der Waals surface area (Å²) in [5.74, 6) is -2.42. The fraction of sp³-hybridized carbons (Fsp3) is 0.222. The molecular weight excluding hydrogens is 366 g/mol. The zero-order valence-electron chi connectivity index (χ0n) is 8.39. The van der Waals surface area contributed by atoms with E-state index in [4.69, 9.17) is 4.55 Å². The second-order valence-electron chi connectivity index (χ2n) is 3.02. The topological polar surface area (TPSA) is 80.7 Å². The Kier molecular flexibility index (Phi) is 4.83. The third-order valence-electron chi connectivity index (χ3n) is 1.74. The molecule has 17 heavy (non-hydrogen) atoms. The van der Waals surface area contributed by atoms with E-state index < -0.39 is 34.3 Å². The molecule has 0 heterocycles. The Balaban J connectivity index is 2.71. The largest absolute Gasteiger partial charge is 0.461 e. The SMILES string of the molecule is O=C(OCCS(=O)(=O)O)c1c(F)cccc1I. The molecule has 0 atom stereocenters. The fourth-order valence-corrected chi connectivity index (χ4v) is 1.98. The van der Waals surface area contributed by atoms with Crippen LogP contribution in [-0.4, -0.2) is 31.3 Å². The monoisotopic (exact) mass is 374 g/mol. The molecular formula is C9H8FIO5S. The van der Waals surface area contributed by atoms with Crippen molar-refractivity contribution < 1.29 is 26.9 Å². The summed E-state index contributed by atoms with van der Waals surface area (Å²) in [7, 11) is -4.20. The molecule has 1 aromatic carbocycles. The van der Waals surface area contributed by atoms with Crippen LogP contribution in [0.1, 0.15) is 10.4 Å². The highest BCUT2D eigenvalue weighted by Gasteiger charge is 2.17. The summed E-state index contributed by atoms with van der Waals surface area (Å²) < 4.78 is 47.4. The summed E-state index contributed by atoms with van der Waals surface area (Å²) in [6.45, 7) is -0.526. The molecule has 0 aromatic heterocycles. The average Bonchev–Trinajstić information content (AvgIpc) is 2.15. The lowest BCUT2D eigenvalue weighted by Crippen LogP contribution is -2.16. The number of carbonyl (C=O) groups is 1. The van der Waals surface area contributed by atoms with Gasteiger partial charge in [-0.2, -0.15) is 8.42 Å². The molecule has 0 aliphatic heterocycles. The Labute approximate surface area is 111 Å². The Morgan fingerprint density at radius 3 is 2.65 bits per heavy atom. The number of hydrogen-bond acceptors (Lipinski definition) is 4. The molecule has 8 heteroatoms. The van der Waals surface area contributed by atoms with E-state index in [1.165, 1.54) is 12.1 Å². The third kappa shape index (κ3) is 4.56. The van der Waals surface area contributed by atoms with Crippen LogP contribution in [0, 0.1) is 9.39 Å². The molecule has 0 amide bonds. The first-order chi connectivity index (χ1) is 7.81. The van der Waals surface area contributed by atoms with Crippen molar-refractivity contribution in [2.24, 2.45) is 0 Å². The lowest BCUT2D eigenvalue weighted by atomic mass is 10.2. The van der Waals surface area contributed by atoms with Crippen LogP contribution >= 0.6 is 22.6 Å². The zero-order valence-corrected chi connectivity index (χ0v) is 11.4. The number of hydrogen-bond donors (Lipinski definition) is 1. The van der Waals surface area contributed by atoms with Crippen molar-refractivity contribution >= 4 is 38.7 Å². The van der Waals surface area contributed by atoms with Crippen molar-refractivity contribution in [1.29, 1.82) is 0 Å². The van der Waals surface area contributed by atoms with E-state index in [-0.39, 0.29) is 5.56 Å². The molecule has 1 aromatic rings. The summed E-state index contributed by atoms with van der Waals surface area (Å²) in [4.78, 5) is 11.4. The van der Waals surface area contributed by atoms with Gasteiger partial charge in [-0.1, -0.05) is 6.07 Å². The van der Waals surface area contributed by atoms with Gasteiger partial charge in [-0.15, -0.1) is 0 Å². The summed E-state index contributed by atoms with van der Waals surface area (Å²) in [5.41, 5.74) is -0.247. The maximum Gasteiger partial charge on any atom is 0.342 e. The molecule has 0 unspecified atom stereocenters. The van der Waals surface area contributed by atoms with Crippen LogP contribution in [0.5, 0.6) is 0 Å². The zero-order chi connectivity index (χ0) is 13.1. The number of rotatable bonds is 4. The van der Waals surface area contributed by atoms with Gasteiger partial charge in [0, 0.05) is 3.57 Å². The first-order valence-corrected chi connectivity index (χ1v) is 7.06. The lowest BCUT2D eigenvalue weighted by molar-refractivity contribution is 0.0521. The molecule has 0 aliphatic carbocycles. The van der Waals surface area contributed by atoms with Crippen LogP contribution in [0.3, 0.4) is 0 Å². The van der Waals surface area contributed by atoms with Gasteiger partial charge in [0.2, 0.25) is 0 Å². The van der Waals surface area contributed by atoms with Gasteiger partial charge >= 0.3 is 5.97 Å². The van der Waals surface area contributed by atoms with Crippen molar-refractivity contribution in [2.45, 2.75) is 0 Å². The lowest BCUT2D eigenvalue weighted by Gasteiger charge is -2.06. The summed E-state index contributed by atoms with van der Waals surface area (Å²) in [6, 6.07) is 4.05. The van der Waals surface area contributed by atoms with Gasteiger partial charge in [-0.3, -0.25) is 4.55 Å². The Morgan fingerprint density at radius 1 is 1.47 bits per heavy atom. The smallest absolute Gasteiger partial charge is 0.342 e. The van der Waals surface area contributed by atoms with Gasteiger partial charge in [-0.05, 0) is 34.7 Å². The van der Waals surface area contributed by atoms with Gasteiger partial charge in [0.05, 0.1) is 0 Å². The Hall–Kier alpha value is -0.740. The van der Waals surface area contributed by atoms with Crippen molar-refractivity contribution in [1.82, 2.24) is 0 Å². The predicted octanol–water partition coefficient (Wildman–Crippen LogP) is 1.47. The third-order valence-corrected chi connectivity index (χ3v) is 3.32. The highest BCUT2D eigenvalue weighted by Crippen LogP contribution is 2.16. The summed E-state index contributed by atoms with van der Waals surface area (Å²) in [6.07, 6.45) is 0. The highest BCUT2D eigenvalue weighted by atomic mass is 127. The van der Waals surface area contributed by atoms with Crippen LogP contribution < -0.4 is 0 Å². The number of esters is 1. The van der Waals surface area contributed by atoms with Crippen LogP contribution in [0.4, 0.5) is 4.39 Å². The Morgan fingerprint density at radius 2 is 2.12 bits per heavy atom. The molecule has 0 spiro atoms. The molecule has 0 saturated carbocycles. The van der Waals surface area contributed by atoms with Crippen LogP contribution in [-0.2, 0) is 14.9 Å². The number of carbonyl (C=O) groups excluding carboxylic acids is 1. The molecule has 0 aliphatic rings. The van der Waals surface area contributed by atoms with Gasteiger partial charge in [-0.25, -0.2) is 9.18 Å². The maximum absolute atomic E-state index is 13.3. The van der Waals surface area contributed by atoms with Crippen molar-refractivity contribution in [3.8, 4) is 0 Å². The van der Waals surface area contributed by atoms with E-state index in [1.807, 2.05) is 0 Å². The molecule has 1 rings (SSSR count). The van der Waals surface area contributed by atoms with E-state index in [0.29, 0.717) is 3.57 Å². The van der Waals surface area contributed by atoms with Gasteiger partial charge in [0.1, 0.15) is 23.7 Å². The molecule has 0 bridgehead atoms. The van der Waals surface area contributed by atoms with E-state index in [0.717, 1.165) is 6.07 Å². The van der Waals surface area contributed by atoms with E-state index >= 15 is 0 Å². The van der Waals surface area contributed by atoms with E-state index in [2.05, 4.69) is 4.74 Å². The molecule has 94 valence electrons. The van der Waals surface area contributed by atoms with Crippen molar-refractivity contribution in [3.05, 3.63) is 33.1 Å². The minimum Gasteiger partial charge on any atom is -0.461 e. The first-order valence-electron chi connectivity index (χ1n) is 4.37. The minimum atomic E-state index is -4.20. The summed E-state index contributed by atoms with van der Waals surface area (Å²) in [5, 5.41) is 0. The summed E-state index contributed by atoms with van der Waals surface area (Å²) >= 11 is 1.76. The second-order valence-corrected chi connectivity index (χ2v) is 5.75. The van der Waals surface area contributed by atoms with Crippen molar-refractivity contribution in [3.63, 3.8) is 0 Å². The predicted molar refractivity (Wildman–Crippen MR) is 65.8 cm³/mol. The van der Waals surface area contributed by atoms with Crippen LogP contribution in [0.2, 0.25) is 0 Å². The van der Waals surface area contributed by atoms with Gasteiger partial charge in [0.15, 0.2) is 0 Å². The normalized spacial score (nSPS) is 11.2. The van der Waals surface area contributed by atoms with E-state index in [1.54, 1.807) is 22.6 Å². The molecule has 5 nitrogen and oxygen atoms in total.